The van der Waals surface area contributed by atoms with Crippen LogP contribution >= 0.6 is 0 Å². The van der Waals surface area contributed by atoms with Gasteiger partial charge in [-0.15, -0.1) is 0 Å². The van der Waals surface area contributed by atoms with Crippen molar-refractivity contribution in [1.29, 1.82) is 0 Å². The van der Waals surface area contributed by atoms with E-state index < -0.39 is 24.2 Å². The van der Waals surface area contributed by atoms with Gasteiger partial charge in [0.1, 0.15) is 6.10 Å². The molecule has 1 rings (SSSR count). The molecule has 1 amide bonds. The molecule has 0 spiro atoms. The lowest BCUT2D eigenvalue weighted by Gasteiger charge is -2.42. The monoisotopic (exact) mass is 387 g/mol. The van der Waals surface area contributed by atoms with Crippen molar-refractivity contribution in [2.24, 2.45) is 5.92 Å². The lowest BCUT2D eigenvalue weighted by molar-refractivity contribution is -0.142. The fraction of sp³-hybridized carbons (Fsp3) is 0.952. The first kappa shape index (κ1) is 24.3. The fourth-order valence-electron chi connectivity index (χ4n) is 3.89. The third kappa shape index (κ3) is 9.37. The molecular formula is C21H41NO5. The summed E-state index contributed by atoms with van der Waals surface area (Å²) in [5.74, 6) is -0.691. The van der Waals surface area contributed by atoms with E-state index in [1.165, 1.54) is 58.3 Å². The molecule has 0 aliphatic heterocycles. The third-order valence-corrected chi connectivity index (χ3v) is 5.57. The molecule has 6 heteroatoms. The predicted octanol–water partition coefficient (Wildman–Crippen LogP) is 2.53. The van der Waals surface area contributed by atoms with Crippen LogP contribution in [0.1, 0.15) is 84.5 Å². The van der Waals surface area contributed by atoms with E-state index >= 15 is 0 Å². The number of ether oxygens (including phenoxy) is 1. The summed E-state index contributed by atoms with van der Waals surface area (Å²) in [7, 11) is 0. The van der Waals surface area contributed by atoms with E-state index in [-0.39, 0.29) is 18.6 Å². The summed E-state index contributed by atoms with van der Waals surface area (Å²) in [5, 5.41) is 32.5. The van der Waals surface area contributed by atoms with Crippen LogP contribution in [0.25, 0.3) is 0 Å². The number of carbonyl (C=O) groups is 1. The number of aliphatic hydroxyl groups excluding tert-OH is 3. The standard InChI is InChI=1S/C21H41NO5/c1-3-4-5-6-7-8-9-10-11-12-13-27-18-14-17(15-23)20(25)21(26)19(18)22-16(2)24/h17-21,23,25-26H,3-15H2,1-2H3,(H,22,24)/t17-,18-,19+,20-,21-/m1/s1. The van der Waals surface area contributed by atoms with Gasteiger partial charge < -0.3 is 25.4 Å². The third-order valence-electron chi connectivity index (χ3n) is 5.57. The van der Waals surface area contributed by atoms with Gasteiger partial charge in [0.15, 0.2) is 0 Å². The first-order valence-electron chi connectivity index (χ1n) is 10.9. The zero-order valence-electron chi connectivity index (χ0n) is 17.2. The van der Waals surface area contributed by atoms with Crippen molar-refractivity contribution in [3.63, 3.8) is 0 Å². The maximum absolute atomic E-state index is 11.4. The summed E-state index contributed by atoms with van der Waals surface area (Å²) in [6.07, 6.45) is 10.4. The van der Waals surface area contributed by atoms with Crippen molar-refractivity contribution >= 4 is 5.91 Å². The Bertz CT molecular complexity index is 393. The van der Waals surface area contributed by atoms with Crippen molar-refractivity contribution in [2.75, 3.05) is 13.2 Å². The Morgan fingerprint density at radius 2 is 1.52 bits per heavy atom. The Kier molecular flexibility index (Phi) is 12.9. The Balaban J connectivity index is 2.23. The molecule has 1 aliphatic carbocycles. The van der Waals surface area contributed by atoms with Crippen LogP contribution in [0.4, 0.5) is 0 Å². The van der Waals surface area contributed by atoms with E-state index in [1.54, 1.807) is 0 Å². The normalized spacial score (nSPS) is 28.3. The minimum absolute atomic E-state index is 0.205. The van der Waals surface area contributed by atoms with Gasteiger partial charge in [-0.1, -0.05) is 64.7 Å². The summed E-state index contributed by atoms with van der Waals surface area (Å²) < 4.78 is 5.92. The summed E-state index contributed by atoms with van der Waals surface area (Å²) in [6.45, 7) is 3.98. The molecule has 1 aliphatic rings. The Morgan fingerprint density at radius 1 is 0.963 bits per heavy atom. The second kappa shape index (κ2) is 14.3. The topological polar surface area (TPSA) is 99.0 Å². The van der Waals surface area contributed by atoms with Crippen molar-refractivity contribution in [3.8, 4) is 0 Å². The van der Waals surface area contributed by atoms with E-state index in [9.17, 15) is 20.1 Å². The maximum Gasteiger partial charge on any atom is 0.217 e. The molecule has 1 fully saturated rings. The quantitative estimate of drug-likeness (QED) is 0.343. The van der Waals surface area contributed by atoms with Crippen molar-refractivity contribution in [2.45, 2.75) is 109 Å². The molecule has 5 atom stereocenters. The Hall–Kier alpha value is -0.690. The lowest BCUT2D eigenvalue weighted by Crippen LogP contribution is -2.61. The van der Waals surface area contributed by atoms with Gasteiger partial charge in [-0.2, -0.15) is 0 Å². The number of rotatable bonds is 14. The molecule has 0 aromatic carbocycles. The first-order valence-corrected chi connectivity index (χ1v) is 10.9. The Labute approximate surface area is 164 Å². The van der Waals surface area contributed by atoms with Crippen LogP contribution in [0, 0.1) is 5.92 Å². The van der Waals surface area contributed by atoms with Crippen LogP contribution in [-0.2, 0) is 9.53 Å². The zero-order chi connectivity index (χ0) is 20.1. The molecule has 27 heavy (non-hydrogen) atoms. The molecule has 4 N–H and O–H groups in total. The van der Waals surface area contributed by atoms with Gasteiger partial charge in [-0.05, 0) is 12.8 Å². The van der Waals surface area contributed by atoms with E-state index in [4.69, 9.17) is 4.74 Å². The van der Waals surface area contributed by atoms with Crippen LogP contribution < -0.4 is 5.32 Å². The molecule has 0 bridgehead atoms. The first-order chi connectivity index (χ1) is 13.0. The summed E-state index contributed by atoms with van der Waals surface area (Å²) >= 11 is 0. The Morgan fingerprint density at radius 3 is 2.04 bits per heavy atom. The van der Waals surface area contributed by atoms with E-state index in [2.05, 4.69) is 12.2 Å². The molecule has 0 aromatic heterocycles. The number of amides is 1. The van der Waals surface area contributed by atoms with Gasteiger partial charge in [0, 0.05) is 26.1 Å². The van der Waals surface area contributed by atoms with Crippen molar-refractivity contribution in [3.05, 3.63) is 0 Å². The molecule has 160 valence electrons. The summed E-state index contributed by atoms with van der Waals surface area (Å²) in [6, 6.07) is -0.636. The highest BCUT2D eigenvalue weighted by Gasteiger charge is 2.44. The largest absolute Gasteiger partial charge is 0.396 e. The fourth-order valence-corrected chi connectivity index (χ4v) is 3.89. The van der Waals surface area contributed by atoms with Gasteiger partial charge in [0.05, 0.1) is 18.2 Å². The highest BCUT2D eigenvalue weighted by Crippen LogP contribution is 2.28. The van der Waals surface area contributed by atoms with Crippen molar-refractivity contribution in [1.82, 2.24) is 5.32 Å². The maximum atomic E-state index is 11.4. The number of aliphatic hydroxyl groups is 3. The van der Waals surface area contributed by atoms with E-state index in [0.29, 0.717) is 13.0 Å². The van der Waals surface area contributed by atoms with Crippen molar-refractivity contribution < 1.29 is 24.9 Å². The molecular weight excluding hydrogens is 346 g/mol. The molecule has 6 nitrogen and oxygen atoms in total. The number of unbranched alkanes of at least 4 members (excludes halogenated alkanes) is 9. The number of carbonyl (C=O) groups excluding carboxylic acids is 1. The van der Waals surface area contributed by atoms with Gasteiger partial charge in [-0.25, -0.2) is 0 Å². The highest BCUT2D eigenvalue weighted by atomic mass is 16.5. The highest BCUT2D eigenvalue weighted by molar-refractivity contribution is 5.73. The second-order valence-electron chi connectivity index (χ2n) is 7.98. The van der Waals surface area contributed by atoms with Crippen LogP contribution in [0.3, 0.4) is 0 Å². The van der Waals surface area contributed by atoms with E-state index in [1.807, 2.05) is 0 Å². The van der Waals surface area contributed by atoms with E-state index in [0.717, 1.165) is 12.8 Å². The molecule has 0 heterocycles. The molecule has 0 unspecified atom stereocenters. The SMILES string of the molecule is CCCCCCCCCCCCO[C@@H]1C[C@H](CO)[C@@H](O)[C@H](O)[C@H]1NC(C)=O. The molecule has 0 aromatic rings. The van der Waals surface area contributed by atoms with Crippen LogP contribution in [-0.4, -0.2) is 58.8 Å². The van der Waals surface area contributed by atoms with Gasteiger partial charge >= 0.3 is 0 Å². The predicted molar refractivity (Wildman–Crippen MR) is 106 cm³/mol. The molecule has 0 saturated heterocycles. The van der Waals surface area contributed by atoms with Crippen LogP contribution in [0.5, 0.6) is 0 Å². The average Bonchev–Trinajstić information content (AvgIpc) is 2.64. The molecule has 1 saturated carbocycles. The summed E-state index contributed by atoms with van der Waals surface area (Å²) in [4.78, 5) is 11.4. The minimum atomic E-state index is -1.13. The number of hydrogen-bond donors (Lipinski definition) is 4. The number of hydrogen-bond acceptors (Lipinski definition) is 5. The summed E-state index contributed by atoms with van der Waals surface area (Å²) in [5.41, 5.74) is 0. The zero-order valence-corrected chi connectivity index (χ0v) is 17.2. The van der Waals surface area contributed by atoms with Gasteiger partial charge in [-0.3, -0.25) is 4.79 Å². The van der Waals surface area contributed by atoms with Gasteiger partial charge in [0.2, 0.25) is 5.91 Å². The van der Waals surface area contributed by atoms with Crippen LogP contribution in [0.2, 0.25) is 0 Å². The van der Waals surface area contributed by atoms with Crippen LogP contribution in [0.15, 0.2) is 0 Å². The molecule has 0 radical (unpaired) electrons. The van der Waals surface area contributed by atoms with Gasteiger partial charge in [0.25, 0.3) is 0 Å². The lowest BCUT2D eigenvalue weighted by atomic mass is 9.79. The number of nitrogens with one attached hydrogen (secondary N) is 1. The second-order valence-corrected chi connectivity index (χ2v) is 7.98. The smallest absolute Gasteiger partial charge is 0.217 e. The minimum Gasteiger partial charge on any atom is -0.396 e. The average molecular weight is 388 g/mol.